The Morgan fingerprint density at radius 1 is 1.14 bits per heavy atom. The van der Waals surface area contributed by atoms with Crippen LogP contribution in [0.4, 0.5) is 5.69 Å². The number of carbonyl (C=O) groups is 2. The van der Waals surface area contributed by atoms with E-state index in [1.54, 1.807) is 29.2 Å². The van der Waals surface area contributed by atoms with E-state index in [0.29, 0.717) is 30.8 Å². The largest absolute Gasteiger partial charge is 0.327 e. The van der Waals surface area contributed by atoms with Crippen LogP contribution in [0.3, 0.4) is 0 Å². The number of nitrogens with zero attached hydrogens (tertiary/aromatic N) is 2. The normalized spacial score (nSPS) is 14.4. The molecule has 2 N–H and O–H groups in total. The van der Waals surface area contributed by atoms with Gasteiger partial charge in [-0.1, -0.05) is 18.2 Å². The predicted octanol–water partition coefficient (Wildman–Crippen LogP) is 1.15. The Morgan fingerprint density at radius 2 is 1.86 bits per heavy atom. The molecule has 144 valence electrons. The molecule has 2 aromatic carbocycles. The zero-order valence-electron chi connectivity index (χ0n) is 16.3. The molecule has 0 unspecified atom stereocenters. The van der Waals surface area contributed by atoms with Crippen molar-refractivity contribution in [1.29, 1.82) is 5.26 Å². The van der Waals surface area contributed by atoms with Gasteiger partial charge in [0.25, 0.3) is 11.8 Å². The summed E-state index contributed by atoms with van der Waals surface area (Å²) >= 11 is 0. The molecule has 0 saturated carbocycles. The Kier molecular flexibility index (Phi) is 6.07. The van der Waals surface area contributed by atoms with Crippen LogP contribution in [0.1, 0.15) is 27.0 Å². The molecule has 1 aliphatic rings. The van der Waals surface area contributed by atoms with E-state index in [1.807, 2.05) is 32.0 Å². The minimum absolute atomic E-state index is 0.00908. The smallest absolute Gasteiger partial charge is 0.279 e. The molecule has 1 saturated heterocycles. The Morgan fingerprint density at radius 3 is 2.57 bits per heavy atom. The standard InChI is InChI=1S/C22H24N4O2/c1-16-5-3-8-20(17(16)2)24-21(27)15-25-9-11-26(12-10-25)22(28)19-7-4-6-18(13-19)14-23/h3-8,13H,9-12,15H2,1-2H3,(H,24,27)/p+1. The molecule has 0 bridgehead atoms. The number of anilines is 1. The van der Waals surface area contributed by atoms with E-state index in [2.05, 4.69) is 11.4 Å². The van der Waals surface area contributed by atoms with Crippen LogP contribution in [0, 0.1) is 25.2 Å². The maximum Gasteiger partial charge on any atom is 0.279 e. The van der Waals surface area contributed by atoms with Crippen molar-refractivity contribution in [2.75, 3.05) is 38.0 Å². The van der Waals surface area contributed by atoms with E-state index in [1.165, 1.54) is 0 Å². The highest BCUT2D eigenvalue weighted by Gasteiger charge is 2.26. The van der Waals surface area contributed by atoms with Gasteiger partial charge in [-0.25, -0.2) is 0 Å². The molecule has 0 atom stereocenters. The summed E-state index contributed by atoms with van der Waals surface area (Å²) in [6.45, 7) is 7.07. The van der Waals surface area contributed by atoms with Crippen molar-refractivity contribution >= 4 is 17.5 Å². The van der Waals surface area contributed by atoms with E-state index in [9.17, 15) is 9.59 Å². The third-order valence-corrected chi connectivity index (χ3v) is 5.29. The zero-order valence-corrected chi connectivity index (χ0v) is 16.3. The molecule has 0 aliphatic carbocycles. The molecular weight excluding hydrogens is 352 g/mol. The quantitative estimate of drug-likeness (QED) is 0.839. The van der Waals surface area contributed by atoms with Crippen molar-refractivity contribution < 1.29 is 14.5 Å². The van der Waals surface area contributed by atoms with Crippen LogP contribution < -0.4 is 10.2 Å². The van der Waals surface area contributed by atoms with Gasteiger partial charge in [0.1, 0.15) is 0 Å². The first-order valence-electron chi connectivity index (χ1n) is 9.47. The van der Waals surface area contributed by atoms with Crippen molar-refractivity contribution in [1.82, 2.24) is 4.90 Å². The summed E-state index contributed by atoms with van der Waals surface area (Å²) < 4.78 is 0. The zero-order chi connectivity index (χ0) is 20.1. The molecule has 0 radical (unpaired) electrons. The lowest BCUT2D eigenvalue weighted by atomic mass is 10.1. The molecule has 1 aliphatic heterocycles. The number of quaternary nitrogens is 1. The number of nitriles is 1. The summed E-state index contributed by atoms with van der Waals surface area (Å²) in [7, 11) is 0. The van der Waals surface area contributed by atoms with Crippen LogP contribution >= 0.6 is 0 Å². The molecule has 6 heteroatoms. The number of hydrogen-bond donors (Lipinski definition) is 2. The fraction of sp³-hybridized carbons (Fsp3) is 0.318. The fourth-order valence-corrected chi connectivity index (χ4v) is 3.42. The van der Waals surface area contributed by atoms with Crippen molar-refractivity contribution in [2.45, 2.75) is 13.8 Å². The van der Waals surface area contributed by atoms with Crippen molar-refractivity contribution in [3.05, 3.63) is 64.7 Å². The van der Waals surface area contributed by atoms with E-state index in [0.717, 1.165) is 34.8 Å². The van der Waals surface area contributed by atoms with Crippen molar-refractivity contribution in [3.63, 3.8) is 0 Å². The lowest BCUT2D eigenvalue weighted by Gasteiger charge is -2.32. The second-order valence-electron chi connectivity index (χ2n) is 7.21. The Labute approximate surface area is 165 Å². The maximum atomic E-state index is 12.6. The molecule has 2 amide bonds. The van der Waals surface area contributed by atoms with Crippen LogP contribution in [0.2, 0.25) is 0 Å². The minimum Gasteiger partial charge on any atom is -0.327 e. The van der Waals surface area contributed by atoms with Crippen molar-refractivity contribution in [3.8, 4) is 6.07 Å². The number of amides is 2. The van der Waals surface area contributed by atoms with Crippen LogP contribution in [0.15, 0.2) is 42.5 Å². The molecule has 6 nitrogen and oxygen atoms in total. The number of carbonyl (C=O) groups excluding carboxylic acids is 2. The molecule has 2 aromatic rings. The average Bonchev–Trinajstić information content (AvgIpc) is 2.71. The van der Waals surface area contributed by atoms with Gasteiger partial charge < -0.3 is 15.1 Å². The molecular formula is C22H25N4O2+. The summed E-state index contributed by atoms with van der Waals surface area (Å²) in [5.41, 5.74) is 4.11. The van der Waals surface area contributed by atoms with Crippen LogP contribution in [-0.4, -0.2) is 49.4 Å². The average molecular weight is 377 g/mol. The van der Waals surface area contributed by atoms with Gasteiger partial charge in [-0.3, -0.25) is 9.59 Å². The van der Waals surface area contributed by atoms with Gasteiger partial charge in [-0.15, -0.1) is 0 Å². The number of piperazine rings is 1. The van der Waals surface area contributed by atoms with Gasteiger partial charge in [-0.2, -0.15) is 5.26 Å². The van der Waals surface area contributed by atoms with E-state index < -0.39 is 0 Å². The highest BCUT2D eigenvalue weighted by molar-refractivity contribution is 5.94. The van der Waals surface area contributed by atoms with Crippen LogP contribution in [0.25, 0.3) is 0 Å². The van der Waals surface area contributed by atoms with Gasteiger partial charge >= 0.3 is 0 Å². The third kappa shape index (κ3) is 4.56. The summed E-state index contributed by atoms with van der Waals surface area (Å²) in [5, 5.41) is 12.0. The molecule has 3 rings (SSSR count). The lowest BCUT2D eigenvalue weighted by Crippen LogP contribution is -3.15. The Balaban J connectivity index is 1.52. The van der Waals surface area contributed by atoms with E-state index in [-0.39, 0.29) is 11.8 Å². The van der Waals surface area contributed by atoms with Gasteiger partial charge in [-0.05, 0) is 49.2 Å². The first kappa shape index (κ1) is 19.6. The summed E-state index contributed by atoms with van der Waals surface area (Å²) in [6.07, 6.45) is 0. The molecule has 1 heterocycles. The number of benzene rings is 2. The summed E-state index contributed by atoms with van der Waals surface area (Å²) in [6, 6.07) is 14.7. The SMILES string of the molecule is Cc1cccc(NC(=O)C[NH+]2CCN(C(=O)c3cccc(C#N)c3)CC2)c1C. The molecule has 28 heavy (non-hydrogen) atoms. The lowest BCUT2D eigenvalue weighted by molar-refractivity contribution is -0.895. The number of aryl methyl sites for hydroxylation is 1. The maximum absolute atomic E-state index is 12.6. The summed E-state index contributed by atoms with van der Waals surface area (Å²) in [4.78, 5) is 28.0. The van der Waals surface area contributed by atoms with E-state index >= 15 is 0 Å². The van der Waals surface area contributed by atoms with Crippen LogP contribution in [-0.2, 0) is 4.79 Å². The third-order valence-electron chi connectivity index (χ3n) is 5.29. The number of nitrogens with one attached hydrogen (secondary N) is 2. The highest BCUT2D eigenvalue weighted by atomic mass is 16.2. The monoisotopic (exact) mass is 377 g/mol. The van der Waals surface area contributed by atoms with Crippen molar-refractivity contribution in [2.24, 2.45) is 0 Å². The second-order valence-corrected chi connectivity index (χ2v) is 7.21. The topological polar surface area (TPSA) is 77.6 Å². The molecule has 0 aromatic heterocycles. The second kappa shape index (κ2) is 8.68. The van der Waals surface area contributed by atoms with Crippen LogP contribution in [0.5, 0.6) is 0 Å². The Bertz CT molecular complexity index is 924. The fourth-order valence-electron chi connectivity index (χ4n) is 3.42. The predicted molar refractivity (Wildman–Crippen MR) is 107 cm³/mol. The van der Waals surface area contributed by atoms with Gasteiger partial charge in [0.05, 0.1) is 37.8 Å². The highest BCUT2D eigenvalue weighted by Crippen LogP contribution is 2.17. The number of hydrogen-bond acceptors (Lipinski definition) is 3. The first-order chi connectivity index (χ1) is 13.5. The first-order valence-corrected chi connectivity index (χ1v) is 9.47. The summed E-state index contributed by atoms with van der Waals surface area (Å²) in [5.74, 6) is -0.0683. The Hall–Kier alpha value is -3.17. The van der Waals surface area contributed by atoms with Gasteiger partial charge in [0, 0.05) is 11.3 Å². The van der Waals surface area contributed by atoms with E-state index in [4.69, 9.17) is 5.26 Å². The van der Waals surface area contributed by atoms with Gasteiger partial charge in [0.15, 0.2) is 6.54 Å². The van der Waals surface area contributed by atoms with Gasteiger partial charge in [0.2, 0.25) is 0 Å². The molecule has 1 fully saturated rings. The number of rotatable bonds is 4. The minimum atomic E-state index is -0.0593. The molecule has 0 spiro atoms.